The molecule has 0 amide bonds. The summed E-state index contributed by atoms with van der Waals surface area (Å²) in [5.41, 5.74) is 2.10. The van der Waals surface area contributed by atoms with Gasteiger partial charge in [0.15, 0.2) is 5.78 Å². The number of hydrogen-bond donors (Lipinski definition) is 1. The Balaban J connectivity index is 0.00000264. The predicted molar refractivity (Wildman–Crippen MR) is 88.3 cm³/mol. The summed E-state index contributed by atoms with van der Waals surface area (Å²) < 4.78 is 5.16. The molecule has 0 aliphatic rings. The number of rotatable bonds is 8. The summed E-state index contributed by atoms with van der Waals surface area (Å²) in [6.45, 7) is 3.02. The van der Waals surface area contributed by atoms with E-state index < -0.39 is 0 Å². The van der Waals surface area contributed by atoms with E-state index >= 15 is 0 Å². The van der Waals surface area contributed by atoms with Crippen molar-refractivity contribution in [2.24, 2.45) is 0 Å². The molecule has 1 unspecified atom stereocenters. The highest BCUT2D eigenvalue weighted by molar-refractivity contribution is 5.95. The summed E-state index contributed by atoms with van der Waals surface area (Å²) in [6.07, 6.45) is 1.57. The topological polar surface area (TPSA) is 42.9 Å². The molecule has 1 atom stereocenters. The molecule has 0 radical (unpaired) electrons. The van der Waals surface area contributed by atoms with Gasteiger partial charge in [-0.05, 0) is 24.6 Å². The van der Waals surface area contributed by atoms with Crippen LogP contribution in [-0.4, -0.2) is 25.5 Å². The first kappa shape index (κ1) is 19.2. The van der Waals surface area contributed by atoms with Crippen LogP contribution in [0.1, 0.15) is 29.3 Å². The number of methoxy groups -OCH3 is 1. The fourth-order valence-corrected chi connectivity index (χ4v) is 2.48. The molecule has 124 valence electrons. The second-order valence-electron chi connectivity index (χ2n) is 5.59. The van der Waals surface area contributed by atoms with Crippen LogP contribution in [0.15, 0.2) is 54.6 Å². The van der Waals surface area contributed by atoms with E-state index in [1.165, 1.54) is 5.56 Å². The highest BCUT2D eigenvalue weighted by atomic mass is 35.5. The van der Waals surface area contributed by atoms with Crippen LogP contribution in [0.25, 0.3) is 0 Å². The van der Waals surface area contributed by atoms with Gasteiger partial charge in [0.05, 0.1) is 26.1 Å². The summed E-state index contributed by atoms with van der Waals surface area (Å²) in [5, 5.41) is 2.24. The Kier molecular flexibility index (Phi) is 8.38. The maximum Gasteiger partial charge on any atom is 0.168 e. The number of Topliss-reactive ketones (excluding diaryl/α,β-unsaturated/α-hetero) is 1. The monoisotopic (exact) mass is 333 g/mol. The standard InChI is InChI=1S/C19H23NO2.ClH/c1-15(14-16-8-10-18(22-2)11-9-16)20-13-12-19(21)17-6-4-3-5-7-17;/h3-11,15,20H,12-14H2,1-2H3;1H. The maximum atomic E-state index is 12.0. The molecule has 0 saturated carbocycles. The van der Waals surface area contributed by atoms with Crippen LogP contribution < -0.4 is 22.5 Å². The van der Waals surface area contributed by atoms with Crippen molar-refractivity contribution in [3.63, 3.8) is 0 Å². The SMILES string of the molecule is COc1ccc(CC(C)[NH2+]CCC(=O)c2ccccc2)cc1.[Cl-]. The molecule has 23 heavy (non-hydrogen) atoms. The summed E-state index contributed by atoms with van der Waals surface area (Å²) >= 11 is 0. The molecule has 4 heteroatoms. The molecule has 0 heterocycles. The quantitative estimate of drug-likeness (QED) is 0.660. The molecular formula is C19H24ClNO2. The highest BCUT2D eigenvalue weighted by Crippen LogP contribution is 2.12. The van der Waals surface area contributed by atoms with Gasteiger partial charge in [0.25, 0.3) is 0 Å². The normalized spacial score (nSPS) is 11.4. The van der Waals surface area contributed by atoms with E-state index in [9.17, 15) is 4.79 Å². The van der Waals surface area contributed by atoms with Crippen LogP contribution in [0.2, 0.25) is 0 Å². The number of hydrogen-bond acceptors (Lipinski definition) is 2. The number of ketones is 1. The van der Waals surface area contributed by atoms with Crippen LogP contribution in [0.4, 0.5) is 0 Å². The second kappa shape index (κ2) is 10.0. The zero-order chi connectivity index (χ0) is 15.8. The number of ether oxygens (including phenoxy) is 1. The van der Waals surface area contributed by atoms with Crippen LogP contribution >= 0.6 is 0 Å². The first-order chi connectivity index (χ1) is 10.7. The fourth-order valence-electron chi connectivity index (χ4n) is 2.48. The first-order valence-electron chi connectivity index (χ1n) is 7.73. The Bertz CT molecular complexity index is 584. The number of carbonyl (C=O) groups is 1. The van der Waals surface area contributed by atoms with Crippen molar-refractivity contribution in [2.45, 2.75) is 25.8 Å². The third kappa shape index (κ3) is 6.43. The Morgan fingerprint density at radius 1 is 1.09 bits per heavy atom. The summed E-state index contributed by atoms with van der Waals surface area (Å²) in [7, 11) is 1.68. The van der Waals surface area contributed by atoms with E-state index in [-0.39, 0.29) is 18.2 Å². The Hall–Kier alpha value is -1.84. The van der Waals surface area contributed by atoms with Gasteiger partial charge < -0.3 is 22.5 Å². The average molecular weight is 334 g/mol. The van der Waals surface area contributed by atoms with Crippen molar-refractivity contribution in [2.75, 3.05) is 13.7 Å². The van der Waals surface area contributed by atoms with Crippen molar-refractivity contribution in [3.8, 4) is 5.75 Å². The van der Waals surface area contributed by atoms with Gasteiger partial charge >= 0.3 is 0 Å². The van der Waals surface area contributed by atoms with Gasteiger partial charge in [-0.15, -0.1) is 0 Å². The number of benzene rings is 2. The van der Waals surface area contributed by atoms with Crippen molar-refractivity contribution in [1.29, 1.82) is 0 Å². The van der Waals surface area contributed by atoms with Gasteiger partial charge in [-0.3, -0.25) is 4.79 Å². The molecule has 0 spiro atoms. The molecule has 0 saturated heterocycles. The molecule has 2 aromatic rings. The first-order valence-corrected chi connectivity index (χ1v) is 7.73. The minimum absolute atomic E-state index is 0. The van der Waals surface area contributed by atoms with Crippen LogP contribution in [0.5, 0.6) is 5.75 Å². The van der Waals surface area contributed by atoms with E-state index in [1.807, 2.05) is 42.5 Å². The van der Waals surface area contributed by atoms with Crippen LogP contribution in [0.3, 0.4) is 0 Å². The highest BCUT2D eigenvalue weighted by Gasteiger charge is 2.10. The van der Waals surface area contributed by atoms with Crippen LogP contribution in [0, 0.1) is 0 Å². The lowest BCUT2D eigenvalue weighted by Crippen LogP contribution is -3.00. The third-order valence-corrected chi connectivity index (χ3v) is 3.75. The van der Waals surface area contributed by atoms with Crippen LogP contribution in [-0.2, 0) is 6.42 Å². The van der Waals surface area contributed by atoms with E-state index in [0.717, 1.165) is 24.3 Å². The molecule has 0 aliphatic heterocycles. The molecule has 3 nitrogen and oxygen atoms in total. The fraction of sp³-hybridized carbons (Fsp3) is 0.316. The Morgan fingerprint density at radius 3 is 2.35 bits per heavy atom. The smallest absolute Gasteiger partial charge is 0.168 e. The van der Waals surface area contributed by atoms with Gasteiger partial charge in [0.2, 0.25) is 0 Å². The third-order valence-electron chi connectivity index (χ3n) is 3.75. The van der Waals surface area contributed by atoms with E-state index in [2.05, 4.69) is 24.4 Å². The molecule has 0 bridgehead atoms. The van der Waals surface area contributed by atoms with Gasteiger partial charge in [-0.25, -0.2) is 0 Å². The van der Waals surface area contributed by atoms with Gasteiger partial charge in [-0.1, -0.05) is 42.5 Å². The lowest BCUT2D eigenvalue weighted by atomic mass is 10.1. The van der Waals surface area contributed by atoms with Crippen molar-refractivity contribution in [3.05, 3.63) is 65.7 Å². The summed E-state index contributed by atoms with van der Waals surface area (Å²) in [6, 6.07) is 18.1. The van der Waals surface area contributed by atoms with E-state index in [0.29, 0.717) is 12.5 Å². The summed E-state index contributed by atoms with van der Waals surface area (Å²) in [4.78, 5) is 12.0. The minimum atomic E-state index is 0. The average Bonchev–Trinajstić information content (AvgIpc) is 2.56. The Labute approximate surface area is 144 Å². The number of halogens is 1. The zero-order valence-corrected chi connectivity index (χ0v) is 14.4. The van der Waals surface area contributed by atoms with Gasteiger partial charge in [-0.2, -0.15) is 0 Å². The minimum Gasteiger partial charge on any atom is -1.00 e. The molecule has 0 fully saturated rings. The van der Waals surface area contributed by atoms with E-state index in [4.69, 9.17) is 4.74 Å². The number of nitrogens with two attached hydrogens (primary N) is 1. The number of quaternary nitrogens is 1. The molecule has 2 N–H and O–H groups in total. The second-order valence-corrected chi connectivity index (χ2v) is 5.59. The van der Waals surface area contributed by atoms with Crippen molar-refractivity contribution >= 4 is 5.78 Å². The Morgan fingerprint density at radius 2 is 1.74 bits per heavy atom. The van der Waals surface area contributed by atoms with Gasteiger partial charge in [0, 0.05) is 12.0 Å². The molecule has 2 aromatic carbocycles. The largest absolute Gasteiger partial charge is 1.00 e. The molecule has 0 aromatic heterocycles. The van der Waals surface area contributed by atoms with Crippen molar-refractivity contribution in [1.82, 2.24) is 0 Å². The number of carbonyl (C=O) groups excluding carboxylic acids is 1. The molecule has 2 rings (SSSR count). The lowest BCUT2D eigenvalue weighted by Gasteiger charge is -2.11. The summed E-state index contributed by atoms with van der Waals surface area (Å²) in [5.74, 6) is 1.10. The molecule has 0 aliphatic carbocycles. The van der Waals surface area contributed by atoms with E-state index in [1.54, 1.807) is 7.11 Å². The maximum absolute atomic E-state index is 12.0. The lowest BCUT2D eigenvalue weighted by molar-refractivity contribution is -0.684. The zero-order valence-electron chi connectivity index (χ0n) is 13.7. The van der Waals surface area contributed by atoms with Gasteiger partial charge in [0.1, 0.15) is 5.75 Å². The predicted octanol–water partition coefficient (Wildman–Crippen LogP) is -0.533. The van der Waals surface area contributed by atoms with Crippen molar-refractivity contribution < 1.29 is 27.3 Å². The molecular weight excluding hydrogens is 310 g/mol.